The van der Waals surface area contributed by atoms with Gasteiger partial charge >= 0.3 is 0 Å². The molecular formula is C19H32NO+. The van der Waals surface area contributed by atoms with Gasteiger partial charge in [0.15, 0.2) is 0 Å². The first-order valence-electron chi connectivity index (χ1n) is 8.58. The number of rotatable bonds is 6. The molecule has 0 aromatic heterocycles. The fourth-order valence-electron chi connectivity index (χ4n) is 3.85. The van der Waals surface area contributed by atoms with E-state index in [4.69, 9.17) is 0 Å². The van der Waals surface area contributed by atoms with Gasteiger partial charge in [-0.1, -0.05) is 44.2 Å². The molecule has 1 aliphatic heterocycles. The van der Waals surface area contributed by atoms with Crippen LogP contribution in [0.25, 0.3) is 0 Å². The fourth-order valence-corrected chi connectivity index (χ4v) is 3.85. The highest BCUT2D eigenvalue weighted by Crippen LogP contribution is 2.30. The minimum absolute atomic E-state index is 0.232. The van der Waals surface area contributed by atoms with Crippen molar-refractivity contribution in [3.63, 3.8) is 0 Å². The van der Waals surface area contributed by atoms with E-state index in [2.05, 4.69) is 45.2 Å². The molecule has 2 atom stereocenters. The third kappa shape index (κ3) is 4.55. The van der Waals surface area contributed by atoms with Crippen LogP contribution in [0.3, 0.4) is 0 Å². The highest BCUT2D eigenvalue weighted by molar-refractivity contribution is 5.21. The maximum Gasteiger partial charge on any atom is 0.0809 e. The lowest BCUT2D eigenvalue weighted by molar-refractivity contribution is -0.914. The third-order valence-electron chi connectivity index (χ3n) is 5.18. The van der Waals surface area contributed by atoms with E-state index < -0.39 is 0 Å². The summed E-state index contributed by atoms with van der Waals surface area (Å²) in [6, 6.07) is 10.5. The van der Waals surface area contributed by atoms with Gasteiger partial charge in [0.2, 0.25) is 0 Å². The Morgan fingerprint density at radius 1 is 1.05 bits per heavy atom. The summed E-state index contributed by atoms with van der Waals surface area (Å²) in [6.45, 7) is 8.11. The fraction of sp³-hybridized carbons (Fsp3) is 0.684. The first kappa shape index (κ1) is 16.5. The highest BCUT2D eigenvalue weighted by atomic mass is 16.3. The number of aliphatic hydroxyl groups excluding tert-OH is 1. The van der Waals surface area contributed by atoms with Crippen LogP contribution >= 0.6 is 0 Å². The van der Waals surface area contributed by atoms with Crippen molar-refractivity contribution >= 4 is 0 Å². The number of nitrogens with zero attached hydrogens (tertiary/aromatic N) is 1. The Labute approximate surface area is 130 Å². The van der Waals surface area contributed by atoms with Crippen molar-refractivity contribution in [1.29, 1.82) is 0 Å². The van der Waals surface area contributed by atoms with E-state index in [1.54, 1.807) is 0 Å². The van der Waals surface area contributed by atoms with E-state index in [1.165, 1.54) is 37.9 Å². The molecule has 0 amide bonds. The second-order valence-electron chi connectivity index (χ2n) is 7.39. The summed E-state index contributed by atoms with van der Waals surface area (Å²) in [5, 5.41) is 10.8. The summed E-state index contributed by atoms with van der Waals surface area (Å²) in [5.74, 6) is 0.719. The number of quaternary nitrogens is 1. The lowest BCUT2D eigenvalue weighted by Gasteiger charge is -2.39. The van der Waals surface area contributed by atoms with Gasteiger partial charge in [-0.2, -0.15) is 0 Å². The molecule has 0 bridgehead atoms. The maximum atomic E-state index is 10.8. The molecule has 1 heterocycles. The van der Waals surface area contributed by atoms with E-state index in [1.807, 2.05) is 6.07 Å². The van der Waals surface area contributed by atoms with E-state index in [-0.39, 0.29) is 12.0 Å². The number of hydrogen-bond donors (Lipinski definition) is 1. The van der Waals surface area contributed by atoms with Crippen LogP contribution < -0.4 is 0 Å². The molecule has 0 unspecified atom stereocenters. The SMILES string of the molecule is CC(C)[C@H](c1ccccc1)[C@@H](O)CC[N+]1(C)CCCCC1. The van der Waals surface area contributed by atoms with E-state index in [0.29, 0.717) is 5.92 Å². The molecule has 118 valence electrons. The van der Waals surface area contributed by atoms with Crippen LogP contribution in [0.2, 0.25) is 0 Å². The average molecular weight is 290 g/mol. The van der Waals surface area contributed by atoms with Crippen LogP contribution in [0.4, 0.5) is 0 Å². The zero-order valence-corrected chi connectivity index (χ0v) is 14.0. The Kier molecular flexibility index (Phi) is 5.83. The lowest BCUT2D eigenvalue weighted by atomic mass is 9.82. The Hall–Kier alpha value is -0.860. The summed E-state index contributed by atoms with van der Waals surface area (Å²) < 4.78 is 1.15. The van der Waals surface area contributed by atoms with Crippen LogP contribution in [-0.2, 0) is 0 Å². The molecule has 1 aliphatic rings. The Morgan fingerprint density at radius 2 is 1.67 bits per heavy atom. The number of aliphatic hydroxyl groups is 1. The predicted molar refractivity (Wildman–Crippen MR) is 89.3 cm³/mol. The number of likely N-dealkylation sites (tertiary alicyclic amines) is 1. The van der Waals surface area contributed by atoms with Crippen molar-refractivity contribution < 1.29 is 9.59 Å². The van der Waals surface area contributed by atoms with Crippen LogP contribution in [0.5, 0.6) is 0 Å². The molecule has 1 saturated heterocycles. The Bertz CT molecular complexity index is 409. The van der Waals surface area contributed by atoms with Crippen LogP contribution in [-0.4, -0.2) is 42.4 Å². The molecule has 0 spiro atoms. The average Bonchev–Trinajstić information content (AvgIpc) is 2.47. The van der Waals surface area contributed by atoms with Gasteiger partial charge in [0, 0.05) is 12.3 Å². The largest absolute Gasteiger partial charge is 0.392 e. The zero-order valence-electron chi connectivity index (χ0n) is 14.0. The lowest BCUT2D eigenvalue weighted by Crippen LogP contribution is -2.49. The topological polar surface area (TPSA) is 20.2 Å². The van der Waals surface area contributed by atoms with Gasteiger partial charge in [0.25, 0.3) is 0 Å². The van der Waals surface area contributed by atoms with Gasteiger partial charge in [-0.15, -0.1) is 0 Å². The summed E-state index contributed by atoms with van der Waals surface area (Å²) >= 11 is 0. The summed E-state index contributed by atoms with van der Waals surface area (Å²) in [4.78, 5) is 0. The molecule has 2 nitrogen and oxygen atoms in total. The minimum Gasteiger partial charge on any atom is -0.392 e. The predicted octanol–water partition coefficient (Wildman–Crippen LogP) is 3.81. The maximum absolute atomic E-state index is 10.8. The van der Waals surface area contributed by atoms with Gasteiger partial charge < -0.3 is 9.59 Å². The van der Waals surface area contributed by atoms with Gasteiger partial charge in [-0.05, 0) is 30.7 Å². The normalized spacial score (nSPS) is 21.2. The van der Waals surface area contributed by atoms with Crippen molar-refractivity contribution in [2.75, 3.05) is 26.7 Å². The van der Waals surface area contributed by atoms with Crippen LogP contribution in [0, 0.1) is 5.92 Å². The van der Waals surface area contributed by atoms with Gasteiger partial charge in [-0.25, -0.2) is 0 Å². The molecule has 1 aromatic rings. The second-order valence-corrected chi connectivity index (χ2v) is 7.39. The summed E-state index contributed by atoms with van der Waals surface area (Å²) in [7, 11) is 2.36. The first-order chi connectivity index (χ1) is 10.0. The molecule has 2 heteroatoms. The zero-order chi connectivity index (χ0) is 15.3. The van der Waals surface area contributed by atoms with Gasteiger partial charge in [-0.3, -0.25) is 0 Å². The molecule has 0 saturated carbocycles. The molecular weight excluding hydrogens is 258 g/mol. The monoisotopic (exact) mass is 290 g/mol. The number of hydrogen-bond acceptors (Lipinski definition) is 1. The summed E-state index contributed by atoms with van der Waals surface area (Å²) in [5.41, 5.74) is 1.28. The quantitative estimate of drug-likeness (QED) is 0.790. The third-order valence-corrected chi connectivity index (χ3v) is 5.18. The molecule has 1 aromatic carbocycles. The Balaban J connectivity index is 1.97. The van der Waals surface area contributed by atoms with E-state index in [0.717, 1.165) is 17.4 Å². The van der Waals surface area contributed by atoms with Gasteiger partial charge in [0.05, 0.1) is 32.8 Å². The van der Waals surface area contributed by atoms with Gasteiger partial charge in [0.1, 0.15) is 0 Å². The van der Waals surface area contributed by atoms with E-state index in [9.17, 15) is 5.11 Å². The molecule has 0 aliphatic carbocycles. The molecule has 1 fully saturated rings. The van der Waals surface area contributed by atoms with Crippen LogP contribution in [0.15, 0.2) is 30.3 Å². The second kappa shape index (κ2) is 7.42. The molecule has 1 N–H and O–H groups in total. The smallest absolute Gasteiger partial charge is 0.0809 e. The molecule has 21 heavy (non-hydrogen) atoms. The van der Waals surface area contributed by atoms with Crippen LogP contribution in [0.1, 0.15) is 51.0 Å². The first-order valence-corrected chi connectivity index (χ1v) is 8.58. The Morgan fingerprint density at radius 3 is 2.24 bits per heavy atom. The number of piperidine rings is 1. The minimum atomic E-state index is -0.232. The van der Waals surface area contributed by atoms with Crippen molar-refractivity contribution in [3.8, 4) is 0 Å². The van der Waals surface area contributed by atoms with Crippen molar-refractivity contribution in [3.05, 3.63) is 35.9 Å². The van der Waals surface area contributed by atoms with Crippen molar-refractivity contribution in [2.24, 2.45) is 5.92 Å². The number of benzene rings is 1. The van der Waals surface area contributed by atoms with E-state index >= 15 is 0 Å². The molecule has 0 radical (unpaired) electrons. The highest BCUT2D eigenvalue weighted by Gasteiger charge is 2.29. The van der Waals surface area contributed by atoms with Crippen molar-refractivity contribution in [2.45, 2.75) is 51.6 Å². The summed E-state index contributed by atoms with van der Waals surface area (Å²) in [6.07, 6.45) is 4.75. The van der Waals surface area contributed by atoms with Crippen molar-refractivity contribution in [1.82, 2.24) is 0 Å². The molecule has 2 rings (SSSR count). The standard InChI is InChI=1S/C19H32NO/c1-16(2)19(17-10-6-4-7-11-17)18(21)12-15-20(3)13-8-5-9-14-20/h4,6-7,10-11,16,18-19,21H,5,8-9,12-15H2,1-3H3/q+1/t18-,19+/m0/s1.